The normalized spacial score (nSPS) is 11.2. The third-order valence-corrected chi connectivity index (χ3v) is 3.84. The van der Waals surface area contributed by atoms with Crippen molar-refractivity contribution in [3.8, 4) is 0 Å². The van der Waals surface area contributed by atoms with E-state index in [1.165, 1.54) is 17.1 Å². The Bertz CT molecular complexity index is 768. The number of hydrogen-bond donors (Lipinski definition) is 2. The van der Waals surface area contributed by atoms with E-state index in [1.54, 1.807) is 7.05 Å². The van der Waals surface area contributed by atoms with Crippen LogP contribution in [0.4, 0.5) is 17.1 Å². The number of hydrogen-bond acceptors (Lipinski definition) is 6. The largest absolute Gasteiger partial charge is 0.393 e. The maximum Gasteiger partial charge on any atom is 0.292 e. The fourth-order valence-electron chi connectivity index (χ4n) is 1.55. The molecule has 1 aromatic heterocycles. The Morgan fingerprint density at radius 2 is 2.15 bits per heavy atom. The third kappa shape index (κ3) is 2.69. The Kier molecular flexibility index (Phi) is 3.32. The number of aryl methyl sites for hydroxylation is 1. The van der Waals surface area contributed by atoms with Crippen LogP contribution in [0.3, 0.4) is 0 Å². The average Bonchev–Trinajstić information content (AvgIpc) is 2.73. The van der Waals surface area contributed by atoms with Crippen molar-refractivity contribution in [2.24, 2.45) is 7.05 Å². The van der Waals surface area contributed by atoms with Crippen LogP contribution in [0.2, 0.25) is 0 Å². The van der Waals surface area contributed by atoms with Crippen molar-refractivity contribution in [3.05, 3.63) is 40.7 Å². The number of benzene rings is 1. The van der Waals surface area contributed by atoms with E-state index in [-0.39, 0.29) is 22.0 Å². The predicted molar refractivity (Wildman–Crippen MR) is 71.5 cm³/mol. The van der Waals surface area contributed by atoms with Gasteiger partial charge in [0.15, 0.2) is 0 Å². The van der Waals surface area contributed by atoms with Crippen LogP contribution in [0.25, 0.3) is 0 Å². The minimum absolute atomic E-state index is 0.163. The van der Waals surface area contributed by atoms with Crippen LogP contribution < -0.4 is 10.5 Å². The molecule has 0 aliphatic rings. The van der Waals surface area contributed by atoms with Gasteiger partial charge in [-0.3, -0.25) is 19.5 Å². The average molecular weight is 297 g/mol. The lowest BCUT2D eigenvalue weighted by atomic mass is 10.3. The molecule has 0 spiro atoms. The topological polar surface area (TPSA) is 133 Å². The molecule has 0 saturated carbocycles. The zero-order valence-electron chi connectivity index (χ0n) is 10.3. The first kappa shape index (κ1) is 13.8. The highest BCUT2D eigenvalue weighted by Crippen LogP contribution is 2.25. The molecule has 3 N–H and O–H groups in total. The van der Waals surface area contributed by atoms with Crippen molar-refractivity contribution in [3.63, 3.8) is 0 Å². The molecule has 0 saturated heterocycles. The van der Waals surface area contributed by atoms with Crippen molar-refractivity contribution in [2.45, 2.75) is 4.90 Å². The second kappa shape index (κ2) is 4.81. The second-order valence-electron chi connectivity index (χ2n) is 3.99. The molecule has 0 bridgehead atoms. The number of anilines is 2. The molecule has 9 nitrogen and oxygen atoms in total. The molecule has 0 fully saturated rings. The smallest absolute Gasteiger partial charge is 0.292 e. The Balaban J connectivity index is 2.35. The summed E-state index contributed by atoms with van der Waals surface area (Å²) in [4.78, 5) is 9.78. The lowest BCUT2D eigenvalue weighted by Crippen LogP contribution is -2.13. The van der Waals surface area contributed by atoms with Crippen molar-refractivity contribution in [2.75, 3.05) is 10.5 Å². The van der Waals surface area contributed by atoms with Crippen LogP contribution >= 0.6 is 0 Å². The molecule has 0 amide bonds. The molecule has 0 aliphatic heterocycles. The quantitative estimate of drug-likeness (QED) is 0.485. The number of nitrogens with two attached hydrogens (primary N) is 1. The van der Waals surface area contributed by atoms with Gasteiger partial charge in [0.05, 0.1) is 21.7 Å². The first-order chi connectivity index (χ1) is 9.29. The second-order valence-corrected chi connectivity index (χ2v) is 5.67. The Morgan fingerprint density at radius 1 is 1.45 bits per heavy atom. The molecule has 2 aromatic rings. The molecular weight excluding hydrogens is 286 g/mol. The van der Waals surface area contributed by atoms with E-state index in [4.69, 9.17) is 5.73 Å². The van der Waals surface area contributed by atoms with E-state index in [0.717, 1.165) is 18.2 Å². The number of nitro benzene ring substituents is 1. The summed E-state index contributed by atoms with van der Waals surface area (Å²) in [7, 11) is -2.23. The van der Waals surface area contributed by atoms with Gasteiger partial charge in [-0.2, -0.15) is 5.10 Å². The third-order valence-electron chi connectivity index (χ3n) is 2.46. The SMILES string of the molecule is Cn1cc(NS(=O)(=O)c2ccc([N+](=O)[O-])c(N)c2)cn1. The summed E-state index contributed by atoms with van der Waals surface area (Å²) in [6.07, 6.45) is 2.82. The summed E-state index contributed by atoms with van der Waals surface area (Å²) in [5.41, 5.74) is 5.19. The molecule has 0 radical (unpaired) electrons. The van der Waals surface area contributed by atoms with Gasteiger partial charge < -0.3 is 5.73 Å². The van der Waals surface area contributed by atoms with Gasteiger partial charge in [0, 0.05) is 19.3 Å². The van der Waals surface area contributed by atoms with Gasteiger partial charge in [0.1, 0.15) is 5.69 Å². The van der Waals surface area contributed by atoms with Gasteiger partial charge in [-0.05, 0) is 12.1 Å². The van der Waals surface area contributed by atoms with Gasteiger partial charge in [0.2, 0.25) is 0 Å². The van der Waals surface area contributed by atoms with Gasteiger partial charge in [0.25, 0.3) is 15.7 Å². The summed E-state index contributed by atoms with van der Waals surface area (Å²) in [5, 5.41) is 14.5. The van der Waals surface area contributed by atoms with E-state index < -0.39 is 14.9 Å². The monoisotopic (exact) mass is 297 g/mol. The molecule has 106 valence electrons. The van der Waals surface area contributed by atoms with Crippen LogP contribution in [0.15, 0.2) is 35.5 Å². The fraction of sp³-hybridized carbons (Fsp3) is 0.100. The number of nitrogens with one attached hydrogen (secondary N) is 1. The molecule has 1 aromatic carbocycles. The standard InChI is InChI=1S/C10H11N5O4S/c1-14-6-7(5-12-14)13-20(18,19)8-2-3-10(15(16)17)9(11)4-8/h2-6,13H,11H2,1H3. The molecule has 0 atom stereocenters. The highest BCUT2D eigenvalue weighted by molar-refractivity contribution is 7.92. The molecule has 0 aliphatic carbocycles. The zero-order chi connectivity index (χ0) is 14.9. The molecule has 10 heteroatoms. The lowest BCUT2D eigenvalue weighted by Gasteiger charge is -2.06. The Morgan fingerprint density at radius 3 is 2.65 bits per heavy atom. The van der Waals surface area contributed by atoms with Crippen LogP contribution in [0, 0.1) is 10.1 Å². The highest BCUT2D eigenvalue weighted by atomic mass is 32.2. The summed E-state index contributed by atoms with van der Waals surface area (Å²) in [5.74, 6) is 0. The zero-order valence-corrected chi connectivity index (χ0v) is 11.2. The van der Waals surface area contributed by atoms with Gasteiger partial charge >= 0.3 is 0 Å². The lowest BCUT2D eigenvalue weighted by molar-refractivity contribution is -0.383. The predicted octanol–water partition coefficient (Wildman–Crippen LogP) is 0.711. The van der Waals surface area contributed by atoms with Crippen molar-refractivity contribution >= 4 is 27.1 Å². The Hall–Kier alpha value is -2.62. The number of nitrogens with zero attached hydrogens (tertiary/aromatic N) is 3. The van der Waals surface area contributed by atoms with E-state index >= 15 is 0 Å². The summed E-state index contributed by atoms with van der Waals surface area (Å²) in [6, 6.07) is 3.21. The summed E-state index contributed by atoms with van der Waals surface area (Å²) >= 11 is 0. The van der Waals surface area contributed by atoms with Gasteiger partial charge in [-0.25, -0.2) is 8.42 Å². The fourth-order valence-corrected chi connectivity index (χ4v) is 2.62. The van der Waals surface area contributed by atoms with E-state index in [1.807, 2.05) is 0 Å². The number of aromatic nitrogens is 2. The minimum atomic E-state index is -3.87. The molecule has 0 unspecified atom stereocenters. The first-order valence-electron chi connectivity index (χ1n) is 5.35. The van der Waals surface area contributed by atoms with Crippen molar-refractivity contribution in [1.82, 2.24) is 9.78 Å². The molecule has 2 rings (SSSR count). The maximum atomic E-state index is 12.1. The number of sulfonamides is 1. The summed E-state index contributed by atoms with van der Waals surface area (Å²) in [6.45, 7) is 0. The minimum Gasteiger partial charge on any atom is -0.393 e. The molecular formula is C10H11N5O4S. The van der Waals surface area contributed by atoms with Crippen LogP contribution in [0.1, 0.15) is 0 Å². The first-order valence-corrected chi connectivity index (χ1v) is 6.83. The Labute approximate surface area is 114 Å². The van der Waals surface area contributed by atoms with E-state index in [9.17, 15) is 18.5 Å². The molecule has 1 heterocycles. The van der Waals surface area contributed by atoms with Gasteiger partial charge in [-0.1, -0.05) is 0 Å². The van der Waals surface area contributed by atoms with Crippen LogP contribution in [0.5, 0.6) is 0 Å². The number of nitrogen functional groups attached to an aromatic ring is 1. The summed E-state index contributed by atoms with van der Waals surface area (Å²) < 4.78 is 27.9. The maximum absolute atomic E-state index is 12.1. The van der Waals surface area contributed by atoms with Crippen LogP contribution in [-0.2, 0) is 17.1 Å². The van der Waals surface area contributed by atoms with Crippen molar-refractivity contribution < 1.29 is 13.3 Å². The van der Waals surface area contributed by atoms with E-state index in [2.05, 4.69) is 9.82 Å². The van der Waals surface area contributed by atoms with Crippen molar-refractivity contribution in [1.29, 1.82) is 0 Å². The number of nitro groups is 1. The molecule has 20 heavy (non-hydrogen) atoms. The van der Waals surface area contributed by atoms with E-state index in [0.29, 0.717) is 0 Å². The van der Waals surface area contributed by atoms with Crippen LogP contribution in [-0.4, -0.2) is 23.1 Å². The highest BCUT2D eigenvalue weighted by Gasteiger charge is 2.19. The number of rotatable bonds is 4. The van der Waals surface area contributed by atoms with Gasteiger partial charge in [-0.15, -0.1) is 0 Å².